The molecule has 23 heavy (non-hydrogen) atoms. The number of carbonyl (C=O) groups excluding carboxylic acids is 1. The van der Waals surface area contributed by atoms with Gasteiger partial charge in [-0.25, -0.2) is 0 Å². The highest BCUT2D eigenvalue weighted by atomic mass is 35.5. The van der Waals surface area contributed by atoms with E-state index in [9.17, 15) is 4.79 Å². The van der Waals surface area contributed by atoms with Crippen molar-refractivity contribution >= 4 is 18.3 Å². The molecule has 1 aromatic heterocycles. The molecule has 0 aromatic carbocycles. The number of hydrogen-bond acceptors (Lipinski definition) is 4. The Morgan fingerprint density at radius 2 is 2.30 bits per heavy atom. The van der Waals surface area contributed by atoms with Crippen LogP contribution < -0.4 is 10.6 Å². The summed E-state index contributed by atoms with van der Waals surface area (Å²) in [5.41, 5.74) is 0.510. The average molecular weight is 342 g/mol. The number of hydrogen-bond donors (Lipinski definition) is 2. The number of piperidine rings is 2. The predicted octanol–water partition coefficient (Wildman–Crippen LogP) is 1.30. The number of rotatable bonds is 4. The van der Waals surface area contributed by atoms with E-state index in [4.69, 9.17) is 0 Å². The van der Waals surface area contributed by atoms with Crippen molar-refractivity contribution in [2.45, 2.75) is 31.7 Å². The van der Waals surface area contributed by atoms with E-state index in [1.807, 2.05) is 16.9 Å². The smallest absolute Gasteiger partial charge is 0.271 e. The van der Waals surface area contributed by atoms with Gasteiger partial charge in [0.25, 0.3) is 5.91 Å². The van der Waals surface area contributed by atoms with Crippen molar-refractivity contribution in [1.29, 1.82) is 0 Å². The van der Waals surface area contributed by atoms with Gasteiger partial charge < -0.3 is 15.5 Å². The Labute approximate surface area is 144 Å². The first-order valence-electron chi connectivity index (χ1n) is 8.46. The topological polar surface area (TPSA) is 62.2 Å². The third-order valence-corrected chi connectivity index (χ3v) is 4.84. The van der Waals surface area contributed by atoms with Crippen LogP contribution in [0, 0.1) is 5.92 Å². The minimum atomic E-state index is -0.111. The lowest BCUT2D eigenvalue weighted by Crippen LogP contribution is -2.43. The lowest BCUT2D eigenvalue weighted by atomic mass is 9.97. The maximum Gasteiger partial charge on any atom is 0.271 e. The van der Waals surface area contributed by atoms with Gasteiger partial charge in [0.1, 0.15) is 5.69 Å². The molecule has 0 saturated carbocycles. The van der Waals surface area contributed by atoms with Crippen molar-refractivity contribution in [3.8, 4) is 0 Å². The van der Waals surface area contributed by atoms with Gasteiger partial charge in [-0.1, -0.05) is 0 Å². The molecular formula is C16H28ClN5O. The molecule has 2 aliphatic rings. The van der Waals surface area contributed by atoms with E-state index in [0.717, 1.165) is 25.4 Å². The van der Waals surface area contributed by atoms with Gasteiger partial charge in [0.05, 0.1) is 6.04 Å². The normalized spacial score (nSPS) is 25.6. The fourth-order valence-corrected chi connectivity index (χ4v) is 3.65. The quantitative estimate of drug-likeness (QED) is 0.866. The lowest BCUT2D eigenvalue weighted by molar-refractivity contribution is 0.0955. The van der Waals surface area contributed by atoms with Gasteiger partial charge in [-0.3, -0.25) is 9.48 Å². The van der Waals surface area contributed by atoms with Gasteiger partial charge in [0.2, 0.25) is 0 Å². The Morgan fingerprint density at radius 3 is 3.04 bits per heavy atom. The van der Waals surface area contributed by atoms with Gasteiger partial charge in [-0.05, 0) is 57.3 Å². The Kier molecular flexibility index (Phi) is 6.87. The molecule has 0 spiro atoms. The highest BCUT2D eigenvalue weighted by molar-refractivity contribution is 5.91. The molecule has 2 aliphatic heterocycles. The summed E-state index contributed by atoms with van der Waals surface area (Å²) in [6.07, 6.45) is 6.95. The molecule has 1 aromatic rings. The molecule has 6 nitrogen and oxygen atoms in total. The minimum absolute atomic E-state index is 0. The highest BCUT2D eigenvalue weighted by Crippen LogP contribution is 2.23. The second-order valence-electron chi connectivity index (χ2n) is 6.53. The van der Waals surface area contributed by atoms with Gasteiger partial charge in [-0.15, -0.1) is 12.4 Å². The SMILES string of the molecule is CNC(=O)c1ccn(C2CCCN(CC3CCCNC3)C2)n1.Cl. The van der Waals surface area contributed by atoms with Crippen LogP contribution >= 0.6 is 12.4 Å². The zero-order valence-electron chi connectivity index (χ0n) is 13.8. The van der Waals surface area contributed by atoms with Gasteiger partial charge in [-0.2, -0.15) is 5.10 Å². The molecule has 1 amide bonds. The minimum Gasteiger partial charge on any atom is -0.354 e. The van der Waals surface area contributed by atoms with Gasteiger partial charge >= 0.3 is 0 Å². The van der Waals surface area contributed by atoms with Crippen LogP contribution in [0.3, 0.4) is 0 Å². The molecule has 2 N–H and O–H groups in total. The maximum atomic E-state index is 11.6. The first kappa shape index (κ1) is 18.2. The summed E-state index contributed by atoms with van der Waals surface area (Å²) < 4.78 is 1.98. The van der Waals surface area contributed by atoms with Crippen LogP contribution in [0.15, 0.2) is 12.3 Å². The van der Waals surface area contributed by atoms with E-state index in [-0.39, 0.29) is 18.3 Å². The molecule has 2 atom stereocenters. The summed E-state index contributed by atoms with van der Waals surface area (Å²) >= 11 is 0. The third-order valence-electron chi connectivity index (χ3n) is 4.84. The highest BCUT2D eigenvalue weighted by Gasteiger charge is 2.25. The summed E-state index contributed by atoms with van der Waals surface area (Å²) in [7, 11) is 1.64. The molecule has 3 heterocycles. The summed E-state index contributed by atoms with van der Waals surface area (Å²) in [4.78, 5) is 14.2. The molecule has 0 aliphatic carbocycles. The zero-order chi connectivity index (χ0) is 15.4. The van der Waals surface area contributed by atoms with E-state index in [2.05, 4.69) is 20.6 Å². The first-order valence-corrected chi connectivity index (χ1v) is 8.46. The average Bonchev–Trinajstić information content (AvgIpc) is 3.05. The van der Waals surface area contributed by atoms with E-state index in [1.165, 1.54) is 38.9 Å². The molecule has 0 bridgehead atoms. The summed E-state index contributed by atoms with van der Waals surface area (Å²) in [6, 6.07) is 2.20. The number of aromatic nitrogens is 2. The van der Waals surface area contributed by atoms with Crippen LogP contribution in [0.4, 0.5) is 0 Å². The van der Waals surface area contributed by atoms with Crippen molar-refractivity contribution in [1.82, 2.24) is 25.3 Å². The van der Waals surface area contributed by atoms with Crippen molar-refractivity contribution in [3.05, 3.63) is 18.0 Å². The Hall–Kier alpha value is -1.11. The Balaban J connectivity index is 0.00000192. The van der Waals surface area contributed by atoms with E-state index >= 15 is 0 Å². The van der Waals surface area contributed by atoms with Crippen LogP contribution in [0.25, 0.3) is 0 Å². The van der Waals surface area contributed by atoms with Crippen molar-refractivity contribution in [3.63, 3.8) is 0 Å². The summed E-state index contributed by atoms with van der Waals surface area (Å²) in [6.45, 7) is 5.76. The molecule has 3 rings (SSSR count). The van der Waals surface area contributed by atoms with E-state index in [0.29, 0.717) is 11.7 Å². The molecule has 130 valence electrons. The standard InChI is InChI=1S/C16H27N5O.ClH/c1-17-16(22)15-6-9-21(19-15)14-5-3-8-20(12-14)11-13-4-2-7-18-10-13;/h6,9,13-14,18H,2-5,7-8,10-12H2,1H3,(H,17,22);1H. The largest absolute Gasteiger partial charge is 0.354 e. The maximum absolute atomic E-state index is 11.6. The number of likely N-dealkylation sites (tertiary alicyclic amines) is 1. The Morgan fingerprint density at radius 1 is 1.43 bits per heavy atom. The summed E-state index contributed by atoms with van der Waals surface area (Å²) in [5, 5.41) is 10.6. The van der Waals surface area contributed by atoms with Gasteiger partial charge in [0.15, 0.2) is 0 Å². The van der Waals surface area contributed by atoms with E-state index in [1.54, 1.807) is 7.05 Å². The van der Waals surface area contributed by atoms with Crippen LogP contribution in [-0.4, -0.2) is 60.4 Å². The number of nitrogens with one attached hydrogen (secondary N) is 2. The molecule has 0 radical (unpaired) electrons. The monoisotopic (exact) mass is 341 g/mol. The predicted molar refractivity (Wildman–Crippen MR) is 93.2 cm³/mol. The number of halogens is 1. The fraction of sp³-hybridized carbons (Fsp3) is 0.750. The van der Waals surface area contributed by atoms with Crippen molar-refractivity contribution in [2.24, 2.45) is 5.92 Å². The third kappa shape index (κ3) is 4.68. The number of carbonyl (C=O) groups is 1. The second-order valence-corrected chi connectivity index (χ2v) is 6.53. The molecular weight excluding hydrogens is 314 g/mol. The Bertz CT molecular complexity index is 500. The van der Waals surface area contributed by atoms with Crippen LogP contribution in [-0.2, 0) is 0 Å². The number of nitrogens with zero attached hydrogens (tertiary/aromatic N) is 3. The molecule has 2 unspecified atom stereocenters. The molecule has 2 saturated heterocycles. The van der Waals surface area contributed by atoms with Crippen molar-refractivity contribution < 1.29 is 4.79 Å². The molecule has 7 heteroatoms. The first-order chi connectivity index (χ1) is 10.8. The van der Waals surface area contributed by atoms with Crippen LogP contribution in [0.1, 0.15) is 42.2 Å². The lowest BCUT2D eigenvalue weighted by Gasteiger charge is -2.36. The number of amides is 1. The van der Waals surface area contributed by atoms with Crippen LogP contribution in [0.2, 0.25) is 0 Å². The second kappa shape index (κ2) is 8.66. The summed E-state index contributed by atoms with van der Waals surface area (Å²) in [5.74, 6) is 0.672. The van der Waals surface area contributed by atoms with E-state index < -0.39 is 0 Å². The fourth-order valence-electron chi connectivity index (χ4n) is 3.65. The van der Waals surface area contributed by atoms with Crippen LogP contribution in [0.5, 0.6) is 0 Å². The zero-order valence-corrected chi connectivity index (χ0v) is 14.6. The van der Waals surface area contributed by atoms with Gasteiger partial charge in [0, 0.05) is 26.3 Å². The van der Waals surface area contributed by atoms with Crippen molar-refractivity contribution in [2.75, 3.05) is 39.8 Å². The molecule has 2 fully saturated rings.